The van der Waals surface area contributed by atoms with Crippen molar-refractivity contribution in [3.63, 3.8) is 0 Å². The van der Waals surface area contributed by atoms with E-state index in [1.165, 1.54) is 0 Å². The van der Waals surface area contributed by atoms with Crippen LogP contribution >= 0.6 is 11.6 Å². The third-order valence-electron chi connectivity index (χ3n) is 6.09. The average molecular weight is 407 g/mol. The second kappa shape index (κ2) is 9.64. The molecule has 0 unspecified atom stereocenters. The van der Waals surface area contributed by atoms with Gasteiger partial charge in [-0.3, -0.25) is 9.59 Å². The molecule has 0 aliphatic carbocycles. The molecule has 3 rings (SSSR count). The first-order chi connectivity index (χ1) is 13.5. The largest absolute Gasteiger partial charge is 0.492 e. The molecule has 0 spiro atoms. The van der Waals surface area contributed by atoms with E-state index in [2.05, 4.69) is 0 Å². The maximum atomic E-state index is 12.9. The van der Waals surface area contributed by atoms with Crippen molar-refractivity contribution in [2.24, 2.45) is 11.8 Å². The molecular formula is C22H31ClN2O3. The Morgan fingerprint density at radius 2 is 1.93 bits per heavy atom. The van der Waals surface area contributed by atoms with Crippen molar-refractivity contribution in [1.82, 2.24) is 9.80 Å². The minimum atomic E-state index is -0.133. The Kier molecular flexibility index (Phi) is 7.22. The molecule has 0 N–H and O–H groups in total. The molecule has 28 heavy (non-hydrogen) atoms. The van der Waals surface area contributed by atoms with Gasteiger partial charge in [0.2, 0.25) is 11.8 Å². The number of halogens is 1. The Labute approximate surface area is 173 Å². The molecule has 1 aromatic carbocycles. The first-order valence-electron chi connectivity index (χ1n) is 10.5. The first-order valence-corrected chi connectivity index (χ1v) is 10.9. The van der Waals surface area contributed by atoms with Crippen LogP contribution in [0.25, 0.3) is 0 Å². The van der Waals surface area contributed by atoms with Gasteiger partial charge < -0.3 is 14.5 Å². The highest BCUT2D eigenvalue weighted by atomic mass is 35.5. The van der Waals surface area contributed by atoms with Gasteiger partial charge in [0, 0.05) is 37.6 Å². The van der Waals surface area contributed by atoms with E-state index in [9.17, 15) is 9.59 Å². The van der Waals surface area contributed by atoms with Crippen molar-refractivity contribution in [1.29, 1.82) is 0 Å². The van der Waals surface area contributed by atoms with E-state index >= 15 is 0 Å². The Morgan fingerprint density at radius 3 is 2.61 bits per heavy atom. The molecule has 0 aromatic heterocycles. The SMILES string of the molecule is CCN(CC)C(=O)CCC1CCN(C(=O)[C@H]2COc3ccc(Cl)cc3C2)CC1. The molecule has 0 radical (unpaired) electrons. The van der Waals surface area contributed by atoms with E-state index in [1.54, 1.807) is 0 Å². The summed E-state index contributed by atoms with van der Waals surface area (Å²) in [7, 11) is 0. The second-order valence-corrected chi connectivity index (χ2v) is 8.27. The molecular weight excluding hydrogens is 376 g/mol. The zero-order valence-corrected chi connectivity index (χ0v) is 17.7. The van der Waals surface area contributed by atoms with Crippen molar-refractivity contribution < 1.29 is 14.3 Å². The summed E-state index contributed by atoms with van der Waals surface area (Å²) < 4.78 is 5.78. The minimum Gasteiger partial charge on any atom is -0.492 e. The van der Waals surface area contributed by atoms with Gasteiger partial charge in [-0.15, -0.1) is 0 Å². The van der Waals surface area contributed by atoms with Crippen LogP contribution in [0.5, 0.6) is 5.75 Å². The quantitative estimate of drug-likeness (QED) is 0.722. The van der Waals surface area contributed by atoms with Crippen LogP contribution in [0.15, 0.2) is 18.2 Å². The van der Waals surface area contributed by atoms with E-state index in [-0.39, 0.29) is 17.7 Å². The molecule has 0 saturated carbocycles. The van der Waals surface area contributed by atoms with Crippen LogP contribution in [0.4, 0.5) is 0 Å². The lowest BCUT2D eigenvalue weighted by molar-refractivity contribution is -0.138. The van der Waals surface area contributed by atoms with Crippen molar-refractivity contribution in [2.45, 2.75) is 46.0 Å². The summed E-state index contributed by atoms with van der Waals surface area (Å²) in [6.45, 7) is 7.59. The lowest BCUT2D eigenvalue weighted by Crippen LogP contribution is -2.44. The number of carbonyl (C=O) groups is 2. The van der Waals surface area contributed by atoms with Gasteiger partial charge in [0.1, 0.15) is 12.4 Å². The van der Waals surface area contributed by atoms with Crippen LogP contribution in [0.3, 0.4) is 0 Å². The Hall–Kier alpha value is -1.75. The lowest BCUT2D eigenvalue weighted by Gasteiger charge is -2.35. The summed E-state index contributed by atoms with van der Waals surface area (Å²) in [5.41, 5.74) is 1.02. The normalized spacial score (nSPS) is 19.7. The zero-order chi connectivity index (χ0) is 20.1. The van der Waals surface area contributed by atoms with Crippen molar-refractivity contribution >= 4 is 23.4 Å². The maximum absolute atomic E-state index is 12.9. The van der Waals surface area contributed by atoms with E-state index in [4.69, 9.17) is 16.3 Å². The fraction of sp³-hybridized carbons (Fsp3) is 0.636. The van der Waals surface area contributed by atoms with Crippen LogP contribution in [0.1, 0.15) is 45.1 Å². The fourth-order valence-electron chi connectivity index (χ4n) is 4.28. The number of carbonyl (C=O) groups excluding carboxylic acids is 2. The number of ether oxygens (including phenoxy) is 1. The van der Waals surface area contributed by atoms with Gasteiger partial charge in [0.15, 0.2) is 0 Å². The molecule has 0 bridgehead atoms. The number of piperidine rings is 1. The van der Waals surface area contributed by atoms with Crippen molar-refractivity contribution in [3.05, 3.63) is 28.8 Å². The van der Waals surface area contributed by atoms with Gasteiger partial charge in [0.25, 0.3) is 0 Å². The molecule has 6 heteroatoms. The van der Waals surface area contributed by atoms with E-state index < -0.39 is 0 Å². The van der Waals surface area contributed by atoms with E-state index in [0.29, 0.717) is 30.4 Å². The number of hydrogen-bond donors (Lipinski definition) is 0. The van der Waals surface area contributed by atoms with Crippen LogP contribution in [-0.4, -0.2) is 54.4 Å². The minimum absolute atomic E-state index is 0.133. The van der Waals surface area contributed by atoms with Gasteiger partial charge in [-0.05, 0) is 69.2 Å². The number of nitrogens with zero attached hydrogens (tertiary/aromatic N) is 2. The van der Waals surface area contributed by atoms with Gasteiger partial charge >= 0.3 is 0 Å². The Morgan fingerprint density at radius 1 is 1.21 bits per heavy atom. The van der Waals surface area contributed by atoms with Crippen LogP contribution in [0.2, 0.25) is 5.02 Å². The molecule has 2 amide bonds. The molecule has 1 saturated heterocycles. The van der Waals surface area contributed by atoms with Gasteiger partial charge in [-0.25, -0.2) is 0 Å². The highest BCUT2D eigenvalue weighted by Crippen LogP contribution is 2.31. The highest BCUT2D eigenvalue weighted by molar-refractivity contribution is 6.30. The molecule has 5 nitrogen and oxygen atoms in total. The molecule has 154 valence electrons. The third kappa shape index (κ3) is 4.99. The second-order valence-electron chi connectivity index (χ2n) is 7.84. The van der Waals surface area contributed by atoms with E-state index in [1.807, 2.05) is 41.8 Å². The maximum Gasteiger partial charge on any atom is 0.229 e. The summed E-state index contributed by atoms with van der Waals surface area (Å²) in [6, 6.07) is 5.59. The average Bonchev–Trinajstić information content (AvgIpc) is 2.72. The summed E-state index contributed by atoms with van der Waals surface area (Å²) >= 11 is 6.08. The van der Waals surface area contributed by atoms with Crippen LogP contribution in [-0.2, 0) is 16.0 Å². The van der Waals surface area contributed by atoms with Gasteiger partial charge in [0.05, 0.1) is 5.92 Å². The smallest absolute Gasteiger partial charge is 0.229 e. The van der Waals surface area contributed by atoms with Gasteiger partial charge in [-0.2, -0.15) is 0 Å². The number of fused-ring (bicyclic) bond motifs is 1. The number of hydrogen-bond acceptors (Lipinski definition) is 3. The zero-order valence-electron chi connectivity index (χ0n) is 17.0. The summed E-state index contributed by atoms with van der Waals surface area (Å²) in [6.07, 6.45) is 4.19. The van der Waals surface area contributed by atoms with Crippen molar-refractivity contribution in [2.75, 3.05) is 32.8 Å². The predicted octanol–water partition coefficient (Wildman–Crippen LogP) is 3.78. The van der Waals surface area contributed by atoms with Crippen LogP contribution < -0.4 is 4.74 Å². The standard InChI is InChI=1S/C22H31ClN2O3/c1-3-24(4-2)21(26)8-5-16-9-11-25(12-10-16)22(27)18-13-17-14-19(23)6-7-20(17)28-15-18/h6-7,14,16,18H,3-5,8-13,15H2,1-2H3/t18-/m1/s1. The highest BCUT2D eigenvalue weighted by Gasteiger charge is 2.32. The van der Waals surface area contributed by atoms with Gasteiger partial charge in [-0.1, -0.05) is 11.6 Å². The summed E-state index contributed by atoms with van der Waals surface area (Å²) in [5.74, 6) is 1.67. The first kappa shape index (κ1) is 21.0. The Balaban J connectivity index is 1.46. The molecule has 2 aliphatic rings. The Bertz CT molecular complexity index is 697. The predicted molar refractivity (Wildman–Crippen MR) is 111 cm³/mol. The number of rotatable bonds is 6. The number of benzene rings is 1. The molecule has 2 aliphatic heterocycles. The van der Waals surface area contributed by atoms with Crippen LogP contribution in [0, 0.1) is 11.8 Å². The van der Waals surface area contributed by atoms with Crippen molar-refractivity contribution in [3.8, 4) is 5.75 Å². The third-order valence-corrected chi connectivity index (χ3v) is 6.32. The topological polar surface area (TPSA) is 49.9 Å². The van der Waals surface area contributed by atoms with E-state index in [0.717, 1.165) is 56.8 Å². The molecule has 1 aromatic rings. The molecule has 2 heterocycles. The summed E-state index contributed by atoms with van der Waals surface area (Å²) in [5, 5.41) is 0.676. The number of likely N-dealkylation sites (tertiary alicyclic amines) is 1. The molecule has 1 fully saturated rings. The monoisotopic (exact) mass is 406 g/mol. The summed E-state index contributed by atoms with van der Waals surface area (Å²) in [4.78, 5) is 29.0. The lowest BCUT2D eigenvalue weighted by atomic mass is 9.90. The molecule has 1 atom stereocenters. The number of amides is 2. The fourth-order valence-corrected chi connectivity index (χ4v) is 4.48.